The second kappa shape index (κ2) is 8.04. The summed E-state index contributed by atoms with van der Waals surface area (Å²) < 4.78 is 32.4. The third-order valence-corrected chi connectivity index (χ3v) is 7.77. The molecule has 3 atom stereocenters. The van der Waals surface area contributed by atoms with Crippen LogP contribution in [0.25, 0.3) is 0 Å². The number of nitrogens with two attached hydrogens (primary N) is 1. The van der Waals surface area contributed by atoms with E-state index in [9.17, 15) is 13.2 Å². The molecule has 0 saturated heterocycles. The number of carbonyl (C=O) groups excluding carboxylic acids is 1. The standard InChI is InChI=1S/C23H30N2O4S/c1-5-16-11-13-17(14-12-16)19-20(30(27,28)18-9-7-6-8-10-18)23(19,15-24)25-21(26)29-22(2,3)4/h6-14,19-20H,5,15,24H2,1-4H3,(H,25,26)/t19-,20+,23-/m1/s1. The number of hydrogen-bond donors (Lipinski definition) is 2. The molecule has 0 aromatic heterocycles. The molecule has 1 aliphatic carbocycles. The van der Waals surface area contributed by atoms with Gasteiger partial charge in [-0.3, -0.25) is 0 Å². The zero-order valence-corrected chi connectivity index (χ0v) is 18.7. The second-order valence-electron chi connectivity index (χ2n) is 8.72. The maximum absolute atomic E-state index is 13.5. The van der Waals surface area contributed by atoms with Crippen LogP contribution >= 0.6 is 0 Å². The molecule has 1 aliphatic rings. The summed E-state index contributed by atoms with van der Waals surface area (Å²) in [5, 5.41) is 1.93. The Balaban J connectivity index is 2.02. The van der Waals surface area contributed by atoms with Gasteiger partial charge >= 0.3 is 6.09 Å². The number of nitrogens with one attached hydrogen (secondary N) is 1. The van der Waals surface area contributed by atoms with E-state index in [-0.39, 0.29) is 11.4 Å². The number of carbonyl (C=O) groups is 1. The lowest BCUT2D eigenvalue weighted by atomic mass is 10.0. The van der Waals surface area contributed by atoms with E-state index in [1.54, 1.807) is 51.1 Å². The van der Waals surface area contributed by atoms with Crippen LogP contribution in [0.4, 0.5) is 4.79 Å². The van der Waals surface area contributed by atoms with Crippen LogP contribution in [0.3, 0.4) is 0 Å². The molecule has 6 nitrogen and oxygen atoms in total. The van der Waals surface area contributed by atoms with E-state index in [2.05, 4.69) is 12.2 Å². The topological polar surface area (TPSA) is 98.5 Å². The predicted octanol–water partition coefficient (Wildman–Crippen LogP) is 3.41. The van der Waals surface area contributed by atoms with E-state index in [4.69, 9.17) is 10.5 Å². The molecule has 0 spiro atoms. The maximum atomic E-state index is 13.5. The van der Waals surface area contributed by atoms with Crippen LogP contribution in [-0.2, 0) is 21.0 Å². The van der Waals surface area contributed by atoms with E-state index in [1.165, 1.54) is 0 Å². The van der Waals surface area contributed by atoms with Crippen LogP contribution < -0.4 is 11.1 Å². The van der Waals surface area contributed by atoms with Crippen LogP contribution in [0.15, 0.2) is 59.5 Å². The Morgan fingerprint density at radius 2 is 1.70 bits per heavy atom. The van der Waals surface area contributed by atoms with Gasteiger partial charge in [0, 0.05) is 12.5 Å². The Hall–Kier alpha value is -2.38. The minimum Gasteiger partial charge on any atom is -0.444 e. The van der Waals surface area contributed by atoms with Gasteiger partial charge < -0.3 is 15.8 Å². The lowest BCUT2D eigenvalue weighted by Gasteiger charge is -2.24. The fourth-order valence-electron chi connectivity index (χ4n) is 3.99. The number of amides is 1. The van der Waals surface area contributed by atoms with Gasteiger partial charge in [0.1, 0.15) is 10.9 Å². The largest absolute Gasteiger partial charge is 0.444 e. The van der Waals surface area contributed by atoms with Gasteiger partial charge in [0.05, 0.1) is 10.4 Å². The van der Waals surface area contributed by atoms with Crippen molar-refractivity contribution in [3.63, 3.8) is 0 Å². The average molecular weight is 431 g/mol. The van der Waals surface area contributed by atoms with Crippen LogP contribution in [0.1, 0.15) is 44.7 Å². The van der Waals surface area contributed by atoms with Crippen molar-refractivity contribution in [1.29, 1.82) is 0 Å². The molecule has 1 fully saturated rings. The highest BCUT2D eigenvalue weighted by Crippen LogP contribution is 2.57. The molecule has 0 bridgehead atoms. The summed E-state index contributed by atoms with van der Waals surface area (Å²) in [5.74, 6) is -0.467. The first kappa shape index (κ1) is 22.3. The predicted molar refractivity (Wildman–Crippen MR) is 117 cm³/mol. The van der Waals surface area contributed by atoms with Gasteiger partial charge in [0.2, 0.25) is 0 Å². The molecule has 2 aromatic carbocycles. The van der Waals surface area contributed by atoms with Crippen molar-refractivity contribution < 1.29 is 17.9 Å². The van der Waals surface area contributed by atoms with Crippen molar-refractivity contribution >= 4 is 15.9 Å². The van der Waals surface area contributed by atoms with Gasteiger partial charge in [-0.2, -0.15) is 0 Å². The van der Waals surface area contributed by atoms with Crippen LogP contribution in [-0.4, -0.2) is 37.4 Å². The van der Waals surface area contributed by atoms with Gasteiger partial charge in [-0.1, -0.05) is 49.4 Å². The molecule has 0 aliphatic heterocycles. The van der Waals surface area contributed by atoms with Gasteiger partial charge in [0.15, 0.2) is 9.84 Å². The van der Waals surface area contributed by atoms with E-state index in [1.807, 2.05) is 24.3 Å². The highest BCUT2D eigenvalue weighted by Gasteiger charge is 2.71. The lowest BCUT2D eigenvalue weighted by Crippen LogP contribution is -2.49. The first-order valence-electron chi connectivity index (χ1n) is 10.1. The first-order valence-corrected chi connectivity index (χ1v) is 11.7. The summed E-state index contributed by atoms with van der Waals surface area (Å²) in [5.41, 5.74) is 6.24. The van der Waals surface area contributed by atoms with Crippen LogP contribution in [0.5, 0.6) is 0 Å². The van der Waals surface area contributed by atoms with Crippen molar-refractivity contribution in [2.45, 2.75) is 61.3 Å². The normalized spacial score (nSPS) is 23.6. The van der Waals surface area contributed by atoms with Crippen molar-refractivity contribution in [1.82, 2.24) is 5.32 Å². The summed E-state index contributed by atoms with van der Waals surface area (Å²) in [6.07, 6.45) is 0.211. The number of rotatable bonds is 6. The first-order chi connectivity index (χ1) is 14.0. The van der Waals surface area contributed by atoms with E-state index < -0.39 is 38.2 Å². The number of aryl methyl sites for hydroxylation is 1. The molecule has 0 radical (unpaired) electrons. The van der Waals surface area contributed by atoms with E-state index >= 15 is 0 Å². The summed E-state index contributed by atoms with van der Waals surface area (Å²) in [7, 11) is -3.74. The van der Waals surface area contributed by atoms with E-state index in [0.717, 1.165) is 17.5 Å². The molecule has 162 valence electrons. The molecule has 0 unspecified atom stereocenters. The Morgan fingerprint density at radius 1 is 1.10 bits per heavy atom. The highest BCUT2D eigenvalue weighted by atomic mass is 32.2. The summed E-state index contributed by atoms with van der Waals surface area (Å²) in [4.78, 5) is 12.8. The molecule has 1 saturated carbocycles. The van der Waals surface area contributed by atoms with Crippen LogP contribution in [0.2, 0.25) is 0 Å². The average Bonchev–Trinajstić information content (AvgIpc) is 3.36. The smallest absolute Gasteiger partial charge is 0.408 e. The fraction of sp³-hybridized carbons (Fsp3) is 0.435. The highest BCUT2D eigenvalue weighted by molar-refractivity contribution is 7.92. The lowest BCUT2D eigenvalue weighted by molar-refractivity contribution is 0.0497. The van der Waals surface area contributed by atoms with Gasteiger partial charge in [-0.05, 0) is 50.5 Å². The minimum atomic E-state index is -3.74. The molecule has 3 rings (SSSR count). The zero-order chi connectivity index (χ0) is 22.2. The molecule has 3 N–H and O–H groups in total. The quantitative estimate of drug-likeness (QED) is 0.732. The van der Waals surface area contributed by atoms with Gasteiger partial charge in [-0.25, -0.2) is 13.2 Å². The molecular weight excluding hydrogens is 400 g/mol. The van der Waals surface area contributed by atoms with Crippen molar-refractivity contribution in [3.8, 4) is 0 Å². The maximum Gasteiger partial charge on any atom is 0.408 e. The van der Waals surface area contributed by atoms with Crippen LogP contribution in [0, 0.1) is 0 Å². The number of ether oxygens (including phenoxy) is 1. The molecule has 0 heterocycles. The molecule has 2 aromatic rings. The molecule has 1 amide bonds. The Morgan fingerprint density at radius 3 is 2.20 bits per heavy atom. The number of sulfone groups is 1. The third kappa shape index (κ3) is 4.23. The van der Waals surface area contributed by atoms with Crippen molar-refractivity contribution in [2.75, 3.05) is 6.54 Å². The monoisotopic (exact) mass is 430 g/mol. The van der Waals surface area contributed by atoms with E-state index in [0.29, 0.717) is 0 Å². The Kier molecular flexibility index (Phi) is 5.98. The summed E-state index contributed by atoms with van der Waals surface area (Å²) in [6.45, 7) is 7.31. The SMILES string of the molecule is CCc1ccc([C@@H]2[C@H](S(=O)(=O)c3ccccc3)[C@]2(CN)NC(=O)OC(C)(C)C)cc1. The molecule has 30 heavy (non-hydrogen) atoms. The molecule has 7 heteroatoms. The second-order valence-corrected chi connectivity index (χ2v) is 10.8. The minimum absolute atomic E-state index is 0.0246. The Bertz CT molecular complexity index is 998. The zero-order valence-electron chi connectivity index (χ0n) is 17.9. The summed E-state index contributed by atoms with van der Waals surface area (Å²) >= 11 is 0. The fourth-order valence-corrected chi connectivity index (χ4v) is 6.35. The summed E-state index contributed by atoms with van der Waals surface area (Å²) in [6, 6.07) is 16.1. The number of alkyl carbamates (subject to hydrolysis) is 1. The van der Waals surface area contributed by atoms with Crippen molar-refractivity contribution in [2.24, 2.45) is 5.73 Å². The third-order valence-electron chi connectivity index (χ3n) is 5.48. The van der Waals surface area contributed by atoms with Gasteiger partial charge in [-0.15, -0.1) is 0 Å². The van der Waals surface area contributed by atoms with Gasteiger partial charge in [0.25, 0.3) is 0 Å². The van der Waals surface area contributed by atoms with Crippen molar-refractivity contribution in [3.05, 3.63) is 65.7 Å². The number of benzene rings is 2. The number of hydrogen-bond acceptors (Lipinski definition) is 5. The Labute approximate surface area is 178 Å². The molecular formula is C23H30N2O4S.